The monoisotopic (exact) mass is 438 g/mol. The first-order valence-corrected chi connectivity index (χ1v) is 13.5. The molecule has 1 aliphatic carbocycles. The van der Waals surface area contributed by atoms with Gasteiger partial charge < -0.3 is 0 Å². The third-order valence-electron chi connectivity index (χ3n) is 7.10. The van der Waals surface area contributed by atoms with Crippen LogP contribution >= 0.6 is 0 Å². The first kappa shape index (κ1) is 25.2. The fraction of sp³-hybridized carbons (Fsp3) is 0.515. The first-order valence-electron chi connectivity index (χ1n) is 13.5. The lowest BCUT2D eigenvalue weighted by Gasteiger charge is -2.28. The number of rotatable bonds is 9. The van der Waals surface area contributed by atoms with Crippen molar-refractivity contribution in [3.05, 3.63) is 70.8 Å². The lowest BCUT2D eigenvalue weighted by Crippen LogP contribution is -2.15. The summed E-state index contributed by atoms with van der Waals surface area (Å²) in [6, 6.07) is 17.2. The molecule has 0 saturated heterocycles. The zero-order valence-corrected chi connectivity index (χ0v) is 21.0. The minimum absolute atomic E-state index is 0.936. The second-order valence-electron chi connectivity index (χ2n) is 9.85. The van der Waals surface area contributed by atoms with Gasteiger partial charge in [0, 0.05) is 23.1 Å². The van der Waals surface area contributed by atoms with Gasteiger partial charge in [-0.1, -0.05) is 107 Å². The highest BCUT2D eigenvalue weighted by atomic mass is 14.3. The third-order valence-corrected chi connectivity index (χ3v) is 7.10. The van der Waals surface area contributed by atoms with Gasteiger partial charge in [-0.15, -0.1) is 0 Å². The Morgan fingerprint density at radius 1 is 0.606 bits per heavy atom. The van der Waals surface area contributed by atoms with E-state index in [1.807, 2.05) is 0 Å². The smallest absolute Gasteiger partial charge is 0.0249 e. The van der Waals surface area contributed by atoms with Crippen LogP contribution in [0, 0.1) is 35.5 Å². The Bertz CT molecular complexity index is 916. The summed E-state index contributed by atoms with van der Waals surface area (Å²) in [4.78, 5) is 0. The van der Waals surface area contributed by atoms with Crippen molar-refractivity contribution in [3.8, 4) is 23.7 Å². The van der Waals surface area contributed by atoms with Crippen molar-refractivity contribution >= 4 is 0 Å². The van der Waals surface area contributed by atoms with Gasteiger partial charge in [-0.3, -0.25) is 0 Å². The van der Waals surface area contributed by atoms with E-state index in [0.29, 0.717) is 0 Å². The number of benzene rings is 2. The summed E-state index contributed by atoms with van der Waals surface area (Å²) in [6.45, 7) is 4.50. The Morgan fingerprint density at radius 2 is 1.12 bits per heavy atom. The molecule has 0 radical (unpaired) electrons. The van der Waals surface area contributed by atoms with E-state index in [2.05, 4.69) is 86.1 Å². The maximum absolute atomic E-state index is 3.31. The summed E-state index contributed by atoms with van der Waals surface area (Å²) in [5, 5.41) is 0. The van der Waals surface area contributed by atoms with Gasteiger partial charge >= 0.3 is 0 Å². The summed E-state index contributed by atoms with van der Waals surface area (Å²) in [5.74, 6) is 15.0. The van der Waals surface area contributed by atoms with Crippen molar-refractivity contribution in [3.63, 3.8) is 0 Å². The molecule has 174 valence electrons. The average Bonchev–Trinajstić information content (AvgIpc) is 2.86. The van der Waals surface area contributed by atoms with E-state index in [9.17, 15) is 0 Å². The summed E-state index contributed by atoms with van der Waals surface area (Å²) in [7, 11) is 0. The fourth-order valence-electron chi connectivity index (χ4n) is 4.83. The van der Waals surface area contributed by atoms with Crippen molar-refractivity contribution in [2.45, 2.75) is 97.3 Å². The van der Waals surface area contributed by atoms with E-state index < -0.39 is 0 Å². The van der Waals surface area contributed by atoms with Gasteiger partial charge in [-0.05, 0) is 73.1 Å². The molecular formula is C33H42. The summed E-state index contributed by atoms with van der Waals surface area (Å²) < 4.78 is 0. The van der Waals surface area contributed by atoms with Crippen LogP contribution in [0.15, 0.2) is 48.5 Å². The van der Waals surface area contributed by atoms with Crippen LogP contribution in [0.4, 0.5) is 0 Å². The molecule has 33 heavy (non-hydrogen) atoms. The molecule has 0 N–H and O–H groups in total. The SMILES string of the molecule is CCCCC#Cc1ccc(C#Cc2ccc(CCC3CCC(CCCCC)CC3)cc2)cc1. The van der Waals surface area contributed by atoms with Crippen molar-refractivity contribution in [1.82, 2.24) is 0 Å². The molecule has 0 heteroatoms. The lowest BCUT2D eigenvalue weighted by molar-refractivity contribution is 0.249. The van der Waals surface area contributed by atoms with Crippen molar-refractivity contribution < 1.29 is 0 Å². The maximum Gasteiger partial charge on any atom is 0.0249 e. The maximum atomic E-state index is 3.31. The molecule has 0 spiro atoms. The number of aryl methyl sites for hydroxylation is 1. The van der Waals surface area contributed by atoms with Crippen molar-refractivity contribution in [1.29, 1.82) is 0 Å². The van der Waals surface area contributed by atoms with Crippen LogP contribution in [-0.4, -0.2) is 0 Å². The summed E-state index contributed by atoms with van der Waals surface area (Å²) in [5.41, 5.74) is 4.67. The van der Waals surface area contributed by atoms with Gasteiger partial charge in [0.15, 0.2) is 0 Å². The van der Waals surface area contributed by atoms with E-state index >= 15 is 0 Å². The molecule has 1 aliphatic rings. The molecule has 2 aromatic carbocycles. The number of hydrogen-bond donors (Lipinski definition) is 0. The van der Waals surface area contributed by atoms with Crippen LogP contribution in [0.25, 0.3) is 0 Å². The Hall–Kier alpha value is -2.44. The zero-order valence-electron chi connectivity index (χ0n) is 21.0. The van der Waals surface area contributed by atoms with Crippen LogP contribution in [0.2, 0.25) is 0 Å². The van der Waals surface area contributed by atoms with Gasteiger partial charge in [0.05, 0.1) is 0 Å². The highest BCUT2D eigenvalue weighted by Gasteiger charge is 2.20. The van der Waals surface area contributed by atoms with Crippen LogP contribution < -0.4 is 0 Å². The lowest BCUT2D eigenvalue weighted by atomic mass is 9.78. The quantitative estimate of drug-likeness (QED) is 0.271. The molecule has 1 fully saturated rings. The molecule has 0 bridgehead atoms. The van der Waals surface area contributed by atoms with E-state index in [1.165, 1.54) is 82.6 Å². The Morgan fingerprint density at radius 3 is 1.70 bits per heavy atom. The molecule has 0 amide bonds. The second-order valence-corrected chi connectivity index (χ2v) is 9.85. The van der Waals surface area contributed by atoms with Crippen LogP contribution in [-0.2, 0) is 6.42 Å². The van der Waals surface area contributed by atoms with Crippen molar-refractivity contribution in [2.24, 2.45) is 11.8 Å². The molecule has 0 nitrogen and oxygen atoms in total. The minimum atomic E-state index is 0.936. The van der Waals surface area contributed by atoms with Gasteiger partial charge in [-0.25, -0.2) is 0 Å². The average molecular weight is 439 g/mol. The van der Waals surface area contributed by atoms with E-state index in [1.54, 1.807) is 0 Å². The Labute approximate surface area is 203 Å². The molecule has 0 unspecified atom stereocenters. The zero-order chi connectivity index (χ0) is 23.1. The van der Waals surface area contributed by atoms with Crippen LogP contribution in [0.1, 0.15) is 113 Å². The number of unbranched alkanes of at least 4 members (excludes halogenated alkanes) is 4. The molecule has 0 atom stereocenters. The van der Waals surface area contributed by atoms with Crippen molar-refractivity contribution in [2.75, 3.05) is 0 Å². The van der Waals surface area contributed by atoms with Gasteiger partial charge in [0.1, 0.15) is 0 Å². The fourth-order valence-corrected chi connectivity index (χ4v) is 4.83. The Balaban J connectivity index is 1.41. The molecule has 0 aliphatic heterocycles. The van der Waals surface area contributed by atoms with Crippen LogP contribution in [0.5, 0.6) is 0 Å². The highest BCUT2D eigenvalue weighted by molar-refractivity contribution is 5.46. The third kappa shape index (κ3) is 9.52. The number of hydrogen-bond acceptors (Lipinski definition) is 0. The minimum Gasteiger partial charge on any atom is -0.0979 e. The van der Waals surface area contributed by atoms with Gasteiger partial charge in [0.2, 0.25) is 0 Å². The van der Waals surface area contributed by atoms with E-state index in [-0.39, 0.29) is 0 Å². The molecule has 2 aromatic rings. The van der Waals surface area contributed by atoms with E-state index in [4.69, 9.17) is 0 Å². The van der Waals surface area contributed by atoms with Gasteiger partial charge in [0.25, 0.3) is 0 Å². The molecule has 1 saturated carbocycles. The van der Waals surface area contributed by atoms with Gasteiger partial charge in [-0.2, -0.15) is 0 Å². The molecule has 3 rings (SSSR count). The first-order chi connectivity index (χ1) is 16.3. The predicted molar refractivity (Wildman–Crippen MR) is 143 cm³/mol. The summed E-state index contributed by atoms with van der Waals surface area (Å²) >= 11 is 0. The topological polar surface area (TPSA) is 0 Å². The van der Waals surface area contributed by atoms with Crippen LogP contribution in [0.3, 0.4) is 0 Å². The molecular weight excluding hydrogens is 396 g/mol. The molecule has 0 aromatic heterocycles. The highest BCUT2D eigenvalue weighted by Crippen LogP contribution is 2.34. The standard InChI is InChI=1S/C33H42/c1-3-5-7-9-11-29-14-18-31(19-15-29)21-23-33-26-24-32(25-27-33)22-20-30-16-12-28(13-17-30)10-8-6-4-2/h14-15,18-19,24-28,30H,3-8,10,12-13,16-17,20,22H2,1-2H3. The normalized spacial score (nSPS) is 17.5. The van der Waals surface area contributed by atoms with E-state index in [0.717, 1.165) is 34.9 Å². The predicted octanol–water partition coefficient (Wildman–Crippen LogP) is 8.95. The second kappa shape index (κ2) is 14.7. The Kier molecular flexibility index (Phi) is 11.2. The molecule has 0 heterocycles. The summed E-state index contributed by atoms with van der Waals surface area (Å²) in [6.07, 6.45) is 17.4. The largest absolute Gasteiger partial charge is 0.0979 e.